The Kier molecular flexibility index (Phi) is 4.41. The third kappa shape index (κ3) is 3.22. The van der Waals surface area contributed by atoms with Gasteiger partial charge in [-0.1, -0.05) is 48.5 Å². The quantitative estimate of drug-likeness (QED) is 0.402. The summed E-state index contributed by atoms with van der Waals surface area (Å²) in [6.07, 6.45) is 1.04. The summed E-state index contributed by atoms with van der Waals surface area (Å²) in [5, 5.41) is 1.31. The van der Waals surface area contributed by atoms with Crippen LogP contribution in [-0.2, 0) is 6.42 Å². The highest BCUT2D eigenvalue weighted by molar-refractivity contribution is 5.91. The van der Waals surface area contributed by atoms with E-state index in [9.17, 15) is 4.79 Å². The summed E-state index contributed by atoms with van der Waals surface area (Å²) < 4.78 is 5.53. The van der Waals surface area contributed by atoms with Gasteiger partial charge in [0.25, 0.3) is 0 Å². The number of para-hydroxylation sites is 1. The van der Waals surface area contributed by atoms with Crippen molar-refractivity contribution in [2.24, 2.45) is 0 Å². The van der Waals surface area contributed by atoms with Crippen LogP contribution in [0.5, 0.6) is 5.75 Å². The number of carbonyl (C=O) groups is 1. The number of hydrogen-bond acceptors (Lipinski definition) is 3. The van der Waals surface area contributed by atoms with Crippen molar-refractivity contribution in [1.82, 2.24) is 9.88 Å². The first-order valence-corrected chi connectivity index (χ1v) is 9.87. The van der Waals surface area contributed by atoms with Crippen molar-refractivity contribution >= 4 is 16.9 Å². The SMILES string of the molecule is CN1CCc2c([nH]c3ccccc23)C1c1ccc(OC(=O)c2ccccc2)cc1. The Balaban J connectivity index is 1.44. The van der Waals surface area contributed by atoms with Crippen LogP contribution in [0.2, 0.25) is 0 Å². The van der Waals surface area contributed by atoms with Crippen LogP contribution in [0, 0.1) is 0 Å². The normalized spacial score (nSPS) is 16.5. The molecule has 2 heterocycles. The lowest BCUT2D eigenvalue weighted by Crippen LogP contribution is -2.32. The molecule has 0 saturated carbocycles. The van der Waals surface area contributed by atoms with Gasteiger partial charge < -0.3 is 9.72 Å². The number of rotatable bonds is 3. The van der Waals surface area contributed by atoms with Crippen molar-refractivity contribution in [2.45, 2.75) is 12.5 Å². The summed E-state index contributed by atoms with van der Waals surface area (Å²) in [5.74, 6) is 0.212. The molecule has 29 heavy (non-hydrogen) atoms. The minimum Gasteiger partial charge on any atom is -0.423 e. The highest BCUT2D eigenvalue weighted by atomic mass is 16.5. The lowest BCUT2D eigenvalue weighted by atomic mass is 9.93. The average molecular weight is 382 g/mol. The van der Waals surface area contributed by atoms with Gasteiger partial charge in [0.2, 0.25) is 0 Å². The molecule has 5 rings (SSSR count). The van der Waals surface area contributed by atoms with E-state index in [1.54, 1.807) is 12.1 Å². The van der Waals surface area contributed by atoms with Crippen LogP contribution in [-0.4, -0.2) is 29.4 Å². The van der Waals surface area contributed by atoms with Gasteiger partial charge in [-0.3, -0.25) is 4.90 Å². The number of nitrogens with one attached hydrogen (secondary N) is 1. The summed E-state index contributed by atoms with van der Waals surface area (Å²) in [7, 11) is 2.16. The molecule has 1 atom stereocenters. The van der Waals surface area contributed by atoms with Crippen LogP contribution in [0.3, 0.4) is 0 Å². The van der Waals surface area contributed by atoms with Crippen LogP contribution in [0.1, 0.15) is 33.2 Å². The maximum atomic E-state index is 12.3. The van der Waals surface area contributed by atoms with Gasteiger partial charge in [0.15, 0.2) is 0 Å². The summed E-state index contributed by atoms with van der Waals surface area (Å²) in [4.78, 5) is 18.3. The Morgan fingerprint density at radius 2 is 1.69 bits per heavy atom. The minimum absolute atomic E-state index is 0.157. The number of benzene rings is 3. The van der Waals surface area contributed by atoms with E-state index in [1.807, 2.05) is 30.3 Å². The van der Waals surface area contributed by atoms with E-state index in [0.29, 0.717) is 11.3 Å². The Morgan fingerprint density at radius 1 is 0.966 bits per heavy atom. The number of aromatic nitrogens is 1. The minimum atomic E-state index is -0.342. The number of nitrogens with zero attached hydrogens (tertiary/aromatic N) is 1. The summed E-state index contributed by atoms with van der Waals surface area (Å²) in [6.45, 7) is 1.00. The first-order valence-electron chi connectivity index (χ1n) is 9.87. The Labute approximate surface area is 169 Å². The molecule has 4 nitrogen and oxygen atoms in total. The molecule has 4 heteroatoms. The first kappa shape index (κ1) is 17.7. The fraction of sp³-hybridized carbons (Fsp3) is 0.160. The van der Waals surface area contributed by atoms with Gasteiger partial charge in [0.1, 0.15) is 5.75 Å². The molecule has 1 aliphatic heterocycles. The largest absolute Gasteiger partial charge is 0.423 e. The number of fused-ring (bicyclic) bond motifs is 3. The number of aromatic amines is 1. The van der Waals surface area contributed by atoms with Gasteiger partial charge in [-0.05, 0) is 54.9 Å². The zero-order valence-electron chi connectivity index (χ0n) is 16.3. The smallest absolute Gasteiger partial charge is 0.343 e. The number of hydrogen-bond donors (Lipinski definition) is 1. The van der Waals surface area contributed by atoms with E-state index in [4.69, 9.17) is 4.74 Å². The molecule has 1 aliphatic rings. The van der Waals surface area contributed by atoms with Crippen molar-refractivity contribution in [3.63, 3.8) is 0 Å². The lowest BCUT2D eigenvalue weighted by molar-refractivity contribution is 0.0734. The zero-order valence-corrected chi connectivity index (χ0v) is 16.3. The molecule has 0 saturated heterocycles. The monoisotopic (exact) mass is 382 g/mol. The van der Waals surface area contributed by atoms with Crippen molar-refractivity contribution in [2.75, 3.05) is 13.6 Å². The van der Waals surface area contributed by atoms with Crippen molar-refractivity contribution in [1.29, 1.82) is 0 Å². The fourth-order valence-corrected chi connectivity index (χ4v) is 4.24. The zero-order chi connectivity index (χ0) is 19.8. The molecule has 1 unspecified atom stereocenters. The molecule has 0 aliphatic carbocycles. The Morgan fingerprint density at radius 3 is 2.48 bits per heavy atom. The van der Waals surface area contributed by atoms with Crippen molar-refractivity contribution < 1.29 is 9.53 Å². The van der Waals surface area contributed by atoms with Crippen LogP contribution in [0.4, 0.5) is 0 Å². The molecule has 0 radical (unpaired) electrons. The third-order valence-corrected chi connectivity index (χ3v) is 5.69. The van der Waals surface area contributed by atoms with Gasteiger partial charge in [0.05, 0.1) is 11.6 Å². The molecule has 144 valence electrons. The molecule has 0 fully saturated rings. The lowest BCUT2D eigenvalue weighted by Gasteiger charge is -2.33. The van der Waals surface area contributed by atoms with Gasteiger partial charge in [0, 0.05) is 23.1 Å². The summed E-state index contributed by atoms with van der Waals surface area (Å²) in [5.41, 5.74) is 5.58. The van der Waals surface area contributed by atoms with Crippen molar-refractivity contribution in [3.8, 4) is 5.75 Å². The van der Waals surface area contributed by atoms with Gasteiger partial charge >= 0.3 is 5.97 Å². The molecule has 1 aromatic heterocycles. The van der Waals surface area contributed by atoms with E-state index in [0.717, 1.165) is 13.0 Å². The van der Waals surface area contributed by atoms with Gasteiger partial charge in [-0.25, -0.2) is 4.79 Å². The van der Waals surface area contributed by atoms with Gasteiger partial charge in [-0.15, -0.1) is 0 Å². The Bertz CT molecular complexity index is 1160. The number of carbonyl (C=O) groups excluding carboxylic acids is 1. The molecule has 3 aromatic carbocycles. The number of ether oxygens (including phenoxy) is 1. The molecule has 0 bridgehead atoms. The third-order valence-electron chi connectivity index (χ3n) is 5.69. The average Bonchev–Trinajstić information content (AvgIpc) is 3.13. The van der Waals surface area contributed by atoms with E-state index in [1.165, 1.54) is 27.7 Å². The second-order valence-corrected chi connectivity index (χ2v) is 7.52. The molecular formula is C25H22N2O2. The van der Waals surface area contributed by atoms with E-state index < -0.39 is 0 Å². The predicted octanol–water partition coefficient (Wildman–Crippen LogP) is 4.96. The first-order chi connectivity index (χ1) is 14.2. The highest BCUT2D eigenvalue weighted by Gasteiger charge is 2.29. The summed E-state index contributed by atoms with van der Waals surface area (Å²) in [6, 6.07) is 25.6. The molecule has 1 N–H and O–H groups in total. The van der Waals surface area contributed by atoms with Crippen LogP contribution < -0.4 is 4.74 Å². The van der Waals surface area contributed by atoms with Crippen LogP contribution in [0.25, 0.3) is 10.9 Å². The predicted molar refractivity (Wildman–Crippen MR) is 114 cm³/mol. The van der Waals surface area contributed by atoms with Gasteiger partial charge in [-0.2, -0.15) is 0 Å². The second-order valence-electron chi connectivity index (χ2n) is 7.52. The highest BCUT2D eigenvalue weighted by Crippen LogP contribution is 2.37. The number of H-pyrrole nitrogens is 1. The number of esters is 1. The maximum absolute atomic E-state index is 12.3. The molecular weight excluding hydrogens is 360 g/mol. The number of likely N-dealkylation sites (N-methyl/N-ethyl adjacent to an activating group) is 1. The van der Waals surface area contributed by atoms with Crippen LogP contribution >= 0.6 is 0 Å². The topological polar surface area (TPSA) is 45.3 Å². The maximum Gasteiger partial charge on any atom is 0.343 e. The molecule has 0 amide bonds. The van der Waals surface area contributed by atoms with E-state index in [-0.39, 0.29) is 12.0 Å². The fourth-order valence-electron chi connectivity index (χ4n) is 4.24. The Hall–Kier alpha value is -3.37. The summed E-state index contributed by atoms with van der Waals surface area (Å²) >= 11 is 0. The van der Waals surface area contributed by atoms with E-state index in [2.05, 4.69) is 53.3 Å². The van der Waals surface area contributed by atoms with Crippen molar-refractivity contribution in [3.05, 3.63) is 101 Å². The molecule has 0 spiro atoms. The van der Waals surface area contributed by atoms with Crippen LogP contribution in [0.15, 0.2) is 78.9 Å². The standard InChI is InChI=1S/C25H22N2O2/c1-27-16-15-21-20-9-5-6-10-22(20)26-23(21)24(27)17-11-13-19(14-12-17)29-25(28)18-7-3-2-4-8-18/h2-14,24,26H,15-16H2,1H3. The molecule has 4 aromatic rings. The second kappa shape index (κ2) is 7.22. The van der Waals surface area contributed by atoms with E-state index >= 15 is 0 Å².